The smallest absolute Gasteiger partial charge is 0.320 e. The van der Waals surface area contributed by atoms with Gasteiger partial charge in [-0.3, -0.25) is 9.69 Å². The fourth-order valence-corrected chi connectivity index (χ4v) is 3.70. The Bertz CT molecular complexity index is 566. The molecule has 0 saturated carbocycles. The van der Waals surface area contributed by atoms with Gasteiger partial charge in [-0.05, 0) is 19.1 Å². The largest absolute Gasteiger partial charge is 0.465 e. The molecule has 7 heteroatoms. The maximum atomic E-state index is 12.4. The molecule has 1 aromatic rings. The third-order valence-corrected chi connectivity index (χ3v) is 5.28. The summed E-state index contributed by atoms with van der Waals surface area (Å²) in [5.41, 5.74) is 0. The molecule has 1 aliphatic heterocycles. The second-order valence-electron chi connectivity index (χ2n) is 4.80. The van der Waals surface area contributed by atoms with Crippen molar-refractivity contribution < 1.29 is 17.9 Å². The summed E-state index contributed by atoms with van der Waals surface area (Å²) in [4.78, 5) is 13.6. The standard InChI is InChI=1S/C14H20N2O4S/c1-2-20-14(17)12-15-8-10-16(11-9-15)21(18,19)13-6-4-3-5-7-13/h3-7H,2,8-12H2,1H3. The third-order valence-electron chi connectivity index (χ3n) is 3.37. The number of sulfonamides is 1. The predicted molar refractivity (Wildman–Crippen MR) is 78.3 cm³/mol. The van der Waals surface area contributed by atoms with E-state index in [2.05, 4.69) is 0 Å². The Morgan fingerprint density at radius 1 is 1.14 bits per heavy atom. The Kier molecular flexibility index (Phi) is 5.33. The summed E-state index contributed by atoms with van der Waals surface area (Å²) in [5, 5.41) is 0. The number of carbonyl (C=O) groups is 1. The minimum absolute atomic E-state index is 0.215. The zero-order chi connectivity index (χ0) is 15.3. The van der Waals surface area contributed by atoms with Crippen LogP contribution in [0.5, 0.6) is 0 Å². The number of piperazine rings is 1. The molecule has 6 nitrogen and oxygen atoms in total. The van der Waals surface area contributed by atoms with Crippen LogP contribution in [0.4, 0.5) is 0 Å². The van der Waals surface area contributed by atoms with Crippen LogP contribution >= 0.6 is 0 Å². The van der Waals surface area contributed by atoms with Crippen molar-refractivity contribution in [2.75, 3.05) is 39.3 Å². The van der Waals surface area contributed by atoms with E-state index >= 15 is 0 Å². The number of benzene rings is 1. The molecule has 0 atom stereocenters. The first-order valence-electron chi connectivity index (χ1n) is 6.97. The Hall–Kier alpha value is -1.44. The van der Waals surface area contributed by atoms with E-state index in [4.69, 9.17) is 4.74 Å². The number of ether oxygens (including phenoxy) is 1. The fraction of sp³-hybridized carbons (Fsp3) is 0.500. The average Bonchev–Trinajstić information content (AvgIpc) is 2.49. The zero-order valence-corrected chi connectivity index (χ0v) is 12.9. The van der Waals surface area contributed by atoms with Crippen LogP contribution in [-0.2, 0) is 19.6 Å². The normalized spacial score (nSPS) is 17.6. The van der Waals surface area contributed by atoms with Gasteiger partial charge in [0.05, 0.1) is 18.0 Å². The molecule has 0 aliphatic carbocycles. The van der Waals surface area contributed by atoms with E-state index in [1.165, 1.54) is 4.31 Å². The summed E-state index contributed by atoms with van der Waals surface area (Å²) < 4.78 is 31.2. The highest BCUT2D eigenvalue weighted by Gasteiger charge is 2.28. The zero-order valence-electron chi connectivity index (χ0n) is 12.1. The van der Waals surface area contributed by atoms with Gasteiger partial charge in [0.2, 0.25) is 10.0 Å². The van der Waals surface area contributed by atoms with Crippen LogP contribution in [0.15, 0.2) is 35.2 Å². The molecule has 1 aliphatic rings. The first-order valence-corrected chi connectivity index (χ1v) is 8.41. The first kappa shape index (κ1) is 15.9. The number of rotatable bonds is 5. The monoisotopic (exact) mass is 312 g/mol. The van der Waals surface area contributed by atoms with Crippen molar-refractivity contribution in [2.24, 2.45) is 0 Å². The molecular formula is C14H20N2O4S. The number of hydrogen-bond acceptors (Lipinski definition) is 5. The lowest BCUT2D eigenvalue weighted by molar-refractivity contribution is -0.144. The van der Waals surface area contributed by atoms with Gasteiger partial charge in [-0.25, -0.2) is 8.42 Å². The molecule has 0 unspecified atom stereocenters. The van der Waals surface area contributed by atoms with Crippen LogP contribution < -0.4 is 0 Å². The van der Waals surface area contributed by atoms with Gasteiger partial charge in [0.25, 0.3) is 0 Å². The van der Waals surface area contributed by atoms with E-state index < -0.39 is 10.0 Å². The van der Waals surface area contributed by atoms with Crippen LogP contribution in [0.3, 0.4) is 0 Å². The predicted octanol–water partition coefficient (Wildman–Crippen LogP) is 0.556. The fourth-order valence-electron chi connectivity index (χ4n) is 2.26. The Morgan fingerprint density at radius 3 is 2.33 bits per heavy atom. The molecule has 1 fully saturated rings. The van der Waals surface area contributed by atoms with Gasteiger partial charge < -0.3 is 4.74 Å². The Labute approximate surface area is 125 Å². The molecule has 0 radical (unpaired) electrons. The lowest BCUT2D eigenvalue weighted by Crippen LogP contribution is -2.49. The molecule has 1 heterocycles. The van der Waals surface area contributed by atoms with Crippen LogP contribution in [0, 0.1) is 0 Å². The van der Waals surface area contributed by atoms with Gasteiger partial charge in [0, 0.05) is 26.2 Å². The van der Waals surface area contributed by atoms with Gasteiger partial charge >= 0.3 is 5.97 Å². The molecule has 2 rings (SSSR count). The summed E-state index contributed by atoms with van der Waals surface area (Å²) in [5.74, 6) is -0.267. The summed E-state index contributed by atoms with van der Waals surface area (Å²) in [7, 11) is -3.43. The minimum Gasteiger partial charge on any atom is -0.465 e. The van der Waals surface area contributed by atoms with Gasteiger partial charge in [-0.15, -0.1) is 0 Å². The van der Waals surface area contributed by atoms with Crippen LogP contribution in [0.2, 0.25) is 0 Å². The SMILES string of the molecule is CCOC(=O)CN1CCN(S(=O)(=O)c2ccccc2)CC1. The van der Waals surface area contributed by atoms with E-state index in [1.54, 1.807) is 37.3 Å². The highest BCUT2D eigenvalue weighted by atomic mass is 32.2. The highest BCUT2D eigenvalue weighted by molar-refractivity contribution is 7.89. The maximum absolute atomic E-state index is 12.4. The van der Waals surface area contributed by atoms with Crippen molar-refractivity contribution in [2.45, 2.75) is 11.8 Å². The topological polar surface area (TPSA) is 66.9 Å². The lowest BCUT2D eigenvalue weighted by atomic mass is 10.3. The van der Waals surface area contributed by atoms with Crippen LogP contribution in [0.25, 0.3) is 0 Å². The first-order chi connectivity index (χ1) is 10.0. The van der Waals surface area contributed by atoms with Crippen molar-refractivity contribution >= 4 is 16.0 Å². The molecule has 21 heavy (non-hydrogen) atoms. The summed E-state index contributed by atoms with van der Waals surface area (Å²) >= 11 is 0. The van der Waals surface area contributed by atoms with Crippen LogP contribution in [0.1, 0.15) is 6.92 Å². The minimum atomic E-state index is -3.43. The molecule has 0 N–H and O–H groups in total. The number of carbonyl (C=O) groups excluding carboxylic acids is 1. The highest BCUT2D eigenvalue weighted by Crippen LogP contribution is 2.17. The average molecular weight is 312 g/mol. The van der Waals surface area contributed by atoms with Crippen molar-refractivity contribution in [1.82, 2.24) is 9.21 Å². The van der Waals surface area contributed by atoms with Gasteiger partial charge in [-0.1, -0.05) is 18.2 Å². The van der Waals surface area contributed by atoms with Crippen molar-refractivity contribution in [3.05, 3.63) is 30.3 Å². The molecular weight excluding hydrogens is 292 g/mol. The molecule has 0 aromatic heterocycles. The summed E-state index contributed by atoms with van der Waals surface area (Å²) in [6.07, 6.45) is 0. The molecule has 0 spiro atoms. The Morgan fingerprint density at radius 2 is 1.76 bits per heavy atom. The summed E-state index contributed by atoms with van der Waals surface area (Å²) in [6, 6.07) is 8.41. The molecule has 1 saturated heterocycles. The van der Waals surface area contributed by atoms with E-state index in [-0.39, 0.29) is 12.5 Å². The Balaban J connectivity index is 1.93. The number of nitrogens with zero attached hydrogens (tertiary/aromatic N) is 2. The molecule has 0 amide bonds. The quantitative estimate of drug-likeness (QED) is 0.743. The second kappa shape index (κ2) is 7.02. The second-order valence-corrected chi connectivity index (χ2v) is 6.74. The number of hydrogen-bond donors (Lipinski definition) is 0. The van der Waals surface area contributed by atoms with Gasteiger partial charge in [0.15, 0.2) is 0 Å². The summed E-state index contributed by atoms with van der Waals surface area (Å²) in [6.45, 7) is 4.18. The molecule has 116 valence electrons. The van der Waals surface area contributed by atoms with E-state index in [0.717, 1.165) is 0 Å². The van der Waals surface area contributed by atoms with Crippen LogP contribution in [-0.4, -0.2) is 62.9 Å². The van der Waals surface area contributed by atoms with E-state index in [9.17, 15) is 13.2 Å². The van der Waals surface area contributed by atoms with Crippen molar-refractivity contribution in [3.63, 3.8) is 0 Å². The van der Waals surface area contributed by atoms with E-state index in [0.29, 0.717) is 37.7 Å². The third kappa shape index (κ3) is 4.03. The molecule has 1 aromatic carbocycles. The maximum Gasteiger partial charge on any atom is 0.320 e. The van der Waals surface area contributed by atoms with Crippen molar-refractivity contribution in [3.8, 4) is 0 Å². The van der Waals surface area contributed by atoms with Gasteiger partial charge in [0.1, 0.15) is 0 Å². The van der Waals surface area contributed by atoms with E-state index in [1.807, 2.05) is 4.90 Å². The van der Waals surface area contributed by atoms with Gasteiger partial charge in [-0.2, -0.15) is 4.31 Å². The number of esters is 1. The van der Waals surface area contributed by atoms with Crippen molar-refractivity contribution in [1.29, 1.82) is 0 Å². The molecule has 0 bridgehead atoms. The lowest BCUT2D eigenvalue weighted by Gasteiger charge is -2.33.